The summed E-state index contributed by atoms with van der Waals surface area (Å²) < 4.78 is 0. The highest BCUT2D eigenvalue weighted by molar-refractivity contribution is 6.30. The summed E-state index contributed by atoms with van der Waals surface area (Å²) in [5.74, 6) is -0.146. The molecule has 94 valence electrons. The molecule has 17 heavy (non-hydrogen) atoms. The predicted molar refractivity (Wildman–Crippen MR) is 68.1 cm³/mol. The number of nitrogens with one attached hydrogen (secondary N) is 2. The molecule has 0 aromatic carbocycles. The molecular weight excluding hydrogens is 238 g/mol. The summed E-state index contributed by atoms with van der Waals surface area (Å²) in [4.78, 5) is 14.6. The van der Waals surface area contributed by atoms with Crippen LogP contribution < -0.4 is 11.1 Å². The Morgan fingerprint density at radius 2 is 2.18 bits per heavy atom. The number of aromatic nitrogens is 1. The minimum Gasteiger partial charge on any atom is -0.356 e. The molecule has 0 bridgehead atoms. The molecule has 5 heteroatoms. The van der Waals surface area contributed by atoms with E-state index in [1.807, 2.05) is 0 Å². The molecule has 0 radical (unpaired) electrons. The molecule has 1 saturated carbocycles. The molecule has 0 unspecified atom stereocenters. The first-order valence-corrected chi connectivity index (χ1v) is 6.38. The smallest absolute Gasteiger partial charge is 0.267 e. The van der Waals surface area contributed by atoms with Crippen LogP contribution >= 0.6 is 11.6 Å². The van der Waals surface area contributed by atoms with Crippen LogP contribution in [0.2, 0.25) is 5.02 Å². The molecule has 0 spiro atoms. The Labute approximate surface area is 106 Å². The van der Waals surface area contributed by atoms with Crippen molar-refractivity contribution in [2.45, 2.75) is 37.6 Å². The third-order valence-corrected chi connectivity index (χ3v) is 3.56. The number of hydrogen-bond acceptors (Lipinski definition) is 2. The maximum atomic E-state index is 11.8. The largest absolute Gasteiger partial charge is 0.356 e. The first-order chi connectivity index (χ1) is 8.09. The van der Waals surface area contributed by atoms with Crippen LogP contribution in [-0.2, 0) is 0 Å². The topological polar surface area (TPSA) is 70.9 Å². The van der Waals surface area contributed by atoms with Gasteiger partial charge in [0.1, 0.15) is 5.69 Å². The number of nitrogens with two attached hydrogens (primary N) is 1. The second-order valence-electron chi connectivity index (χ2n) is 4.84. The highest BCUT2D eigenvalue weighted by Crippen LogP contribution is 2.25. The van der Waals surface area contributed by atoms with Crippen molar-refractivity contribution in [3.8, 4) is 0 Å². The van der Waals surface area contributed by atoms with Gasteiger partial charge in [-0.25, -0.2) is 0 Å². The molecule has 4 nitrogen and oxygen atoms in total. The second-order valence-corrected chi connectivity index (χ2v) is 5.27. The zero-order valence-corrected chi connectivity index (χ0v) is 10.5. The monoisotopic (exact) mass is 255 g/mol. The fourth-order valence-electron chi connectivity index (χ4n) is 2.28. The van der Waals surface area contributed by atoms with Gasteiger partial charge in [-0.15, -0.1) is 0 Å². The van der Waals surface area contributed by atoms with Gasteiger partial charge in [0.25, 0.3) is 5.91 Å². The van der Waals surface area contributed by atoms with E-state index in [-0.39, 0.29) is 11.4 Å². The molecule has 1 fully saturated rings. The van der Waals surface area contributed by atoms with Crippen LogP contribution in [0.5, 0.6) is 0 Å². The highest BCUT2D eigenvalue weighted by atomic mass is 35.5. The minimum atomic E-state index is -0.232. The molecule has 0 saturated heterocycles. The lowest BCUT2D eigenvalue weighted by atomic mass is 9.82. The zero-order valence-electron chi connectivity index (χ0n) is 9.76. The molecular formula is C12H18ClN3O. The van der Waals surface area contributed by atoms with Crippen LogP contribution in [0.15, 0.2) is 12.3 Å². The molecule has 2 rings (SSSR count). The Balaban J connectivity index is 1.87. The van der Waals surface area contributed by atoms with Crippen LogP contribution in [0, 0.1) is 0 Å². The van der Waals surface area contributed by atoms with Gasteiger partial charge in [0, 0.05) is 18.3 Å². The van der Waals surface area contributed by atoms with Crippen LogP contribution in [-0.4, -0.2) is 23.0 Å². The van der Waals surface area contributed by atoms with Crippen LogP contribution in [0.25, 0.3) is 0 Å². The summed E-state index contributed by atoms with van der Waals surface area (Å²) in [5, 5.41) is 3.41. The zero-order chi connectivity index (χ0) is 12.3. The number of carbonyl (C=O) groups is 1. The van der Waals surface area contributed by atoms with Crippen molar-refractivity contribution in [1.29, 1.82) is 0 Å². The van der Waals surface area contributed by atoms with E-state index in [4.69, 9.17) is 17.3 Å². The Bertz CT molecular complexity index is 396. The number of hydrogen-bond donors (Lipinski definition) is 3. The number of aromatic amines is 1. The van der Waals surface area contributed by atoms with Gasteiger partial charge in [-0.2, -0.15) is 0 Å². The number of amides is 1. The number of H-pyrrole nitrogens is 1. The summed E-state index contributed by atoms with van der Waals surface area (Å²) in [5.41, 5.74) is 6.49. The summed E-state index contributed by atoms with van der Waals surface area (Å²) in [6.07, 6.45) is 7.12. The van der Waals surface area contributed by atoms with Crippen molar-refractivity contribution in [2.75, 3.05) is 6.54 Å². The summed E-state index contributed by atoms with van der Waals surface area (Å²) >= 11 is 5.74. The van der Waals surface area contributed by atoms with Crippen molar-refractivity contribution in [3.63, 3.8) is 0 Å². The third kappa shape index (κ3) is 3.23. The van der Waals surface area contributed by atoms with Gasteiger partial charge in [-0.3, -0.25) is 4.79 Å². The Morgan fingerprint density at radius 1 is 1.47 bits per heavy atom. The normalized spacial score (nSPS) is 18.9. The lowest BCUT2D eigenvalue weighted by Gasteiger charge is -2.33. The van der Waals surface area contributed by atoms with Gasteiger partial charge >= 0.3 is 0 Å². The molecule has 0 aliphatic heterocycles. The van der Waals surface area contributed by atoms with Crippen molar-refractivity contribution in [3.05, 3.63) is 23.0 Å². The molecule has 1 aliphatic rings. The standard InChI is InChI=1S/C12H18ClN3O/c13-9-6-10(15-7-9)11(17)16-8-12(14)4-2-1-3-5-12/h6-7,15H,1-5,8,14H2,(H,16,17). The second kappa shape index (κ2) is 5.10. The molecule has 1 heterocycles. The number of carbonyl (C=O) groups excluding carboxylic acids is 1. The van der Waals surface area contributed by atoms with Gasteiger partial charge in [-0.05, 0) is 18.9 Å². The molecule has 1 aromatic heterocycles. The van der Waals surface area contributed by atoms with E-state index in [0.29, 0.717) is 17.3 Å². The van der Waals surface area contributed by atoms with Gasteiger partial charge in [0.2, 0.25) is 0 Å². The fraction of sp³-hybridized carbons (Fsp3) is 0.583. The SMILES string of the molecule is NC1(CNC(=O)c2cc(Cl)c[nH]2)CCCCC1. The van der Waals surface area contributed by atoms with Crippen LogP contribution in [0.1, 0.15) is 42.6 Å². The van der Waals surface area contributed by atoms with Gasteiger partial charge < -0.3 is 16.0 Å². The fourth-order valence-corrected chi connectivity index (χ4v) is 2.45. The van der Waals surface area contributed by atoms with Gasteiger partial charge in [-0.1, -0.05) is 30.9 Å². The number of rotatable bonds is 3. The molecule has 1 aliphatic carbocycles. The van der Waals surface area contributed by atoms with Crippen LogP contribution in [0.3, 0.4) is 0 Å². The summed E-state index contributed by atoms with van der Waals surface area (Å²) in [7, 11) is 0. The van der Waals surface area contributed by atoms with Gasteiger partial charge in [0.15, 0.2) is 0 Å². The van der Waals surface area contributed by atoms with E-state index in [1.54, 1.807) is 12.3 Å². The quantitative estimate of drug-likeness (QED) is 0.774. The Kier molecular flexibility index (Phi) is 3.74. The average molecular weight is 256 g/mol. The van der Waals surface area contributed by atoms with Crippen LogP contribution in [0.4, 0.5) is 0 Å². The van der Waals surface area contributed by atoms with E-state index >= 15 is 0 Å². The van der Waals surface area contributed by atoms with Gasteiger partial charge in [0.05, 0.1) is 5.02 Å². The maximum absolute atomic E-state index is 11.8. The first-order valence-electron chi connectivity index (χ1n) is 6.00. The number of halogens is 1. The summed E-state index contributed by atoms with van der Waals surface area (Å²) in [6.45, 7) is 0.530. The van der Waals surface area contributed by atoms with E-state index in [9.17, 15) is 4.79 Å². The lowest BCUT2D eigenvalue weighted by Crippen LogP contribution is -2.51. The van der Waals surface area contributed by atoms with Crippen molar-refractivity contribution < 1.29 is 4.79 Å². The first kappa shape index (κ1) is 12.5. The summed E-state index contributed by atoms with van der Waals surface area (Å²) in [6, 6.07) is 1.61. The molecule has 1 amide bonds. The Hall–Kier alpha value is -1.00. The molecule has 1 aromatic rings. The van der Waals surface area contributed by atoms with Crippen molar-refractivity contribution >= 4 is 17.5 Å². The minimum absolute atomic E-state index is 0.146. The van der Waals surface area contributed by atoms with Crippen molar-refractivity contribution in [1.82, 2.24) is 10.3 Å². The van der Waals surface area contributed by atoms with E-state index in [1.165, 1.54) is 6.42 Å². The maximum Gasteiger partial charge on any atom is 0.267 e. The molecule has 0 atom stereocenters. The highest BCUT2D eigenvalue weighted by Gasteiger charge is 2.27. The lowest BCUT2D eigenvalue weighted by molar-refractivity contribution is 0.0933. The third-order valence-electron chi connectivity index (χ3n) is 3.34. The van der Waals surface area contributed by atoms with E-state index in [2.05, 4.69) is 10.3 Å². The van der Waals surface area contributed by atoms with Crippen molar-refractivity contribution in [2.24, 2.45) is 5.73 Å². The van der Waals surface area contributed by atoms with E-state index < -0.39 is 0 Å². The Morgan fingerprint density at radius 3 is 2.76 bits per heavy atom. The molecule has 4 N–H and O–H groups in total. The average Bonchev–Trinajstić information content (AvgIpc) is 2.74. The van der Waals surface area contributed by atoms with E-state index in [0.717, 1.165) is 25.7 Å². The predicted octanol–water partition coefficient (Wildman–Crippen LogP) is 2.06.